The van der Waals surface area contributed by atoms with Gasteiger partial charge in [-0.25, -0.2) is 4.98 Å². The molecule has 1 aliphatic rings. The molecule has 186 valence electrons. The molecule has 3 aromatic rings. The monoisotopic (exact) mass is 478 g/mol. The summed E-state index contributed by atoms with van der Waals surface area (Å²) < 4.78 is 7.74. The molecule has 1 aromatic carbocycles. The Hall–Kier alpha value is -3.27. The van der Waals surface area contributed by atoms with E-state index in [1.54, 1.807) is 23.1 Å². The maximum atomic E-state index is 13.3. The summed E-state index contributed by atoms with van der Waals surface area (Å²) in [5.41, 5.74) is 9.12. The second-order valence-electron chi connectivity index (χ2n) is 9.14. The summed E-state index contributed by atoms with van der Waals surface area (Å²) in [6, 6.07) is 10.9. The average Bonchev–Trinajstić information content (AvgIpc) is 3.53. The van der Waals surface area contributed by atoms with Gasteiger partial charge in [0.15, 0.2) is 0 Å². The van der Waals surface area contributed by atoms with Gasteiger partial charge in [0, 0.05) is 42.2 Å². The highest BCUT2D eigenvalue weighted by molar-refractivity contribution is 5.82. The number of anilines is 1. The van der Waals surface area contributed by atoms with Gasteiger partial charge in [-0.3, -0.25) is 14.8 Å². The molecule has 0 bridgehead atoms. The highest BCUT2D eigenvalue weighted by Crippen LogP contribution is 2.26. The van der Waals surface area contributed by atoms with Gasteiger partial charge in [0.1, 0.15) is 18.1 Å². The van der Waals surface area contributed by atoms with E-state index in [4.69, 9.17) is 10.5 Å². The van der Waals surface area contributed by atoms with E-state index >= 15 is 0 Å². The van der Waals surface area contributed by atoms with Crippen LogP contribution in [0.4, 0.5) is 5.82 Å². The van der Waals surface area contributed by atoms with Crippen molar-refractivity contribution >= 4 is 11.7 Å². The number of benzene rings is 1. The van der Waals surface area contributed by atoms with E-state index in [1.807, 2.05) is 50.5 Å². The summed E-state index contributed by atoms with van der Waals surface area (Å²) in [5, 5.41) is 21.5. The number of carbonyl (C=O) groups is 1. The number of hydrogen-bond donors (Lipinski definition) is 4. The molecular weight excluding hydrogens is 444 g/mol. The molecular formula is C26H34N6O3. The zero-order chi connectivity index (χ0) is 24.8. The number of aliphatic hydroxyl groups excluding tert-OH is 1. The number of nitrogens with two attached hydrogens (primary N) is 1. The number of nitrogens with zero attached hydrogens (tertiary/aromatic N) is 3. The van der Waals surface area contributed by atoms with Crippen molar-refractivity contribution in [1.29, 1.82) is 0 Å². The number of nitrogens with one attached hydrogen (secondary N) is 2. The highest BCUT2D eigenvalue weighted by Gasteiger charge is 2.31. The maximum Gasteiger partial charge on any atom is 0.240 e. The van der Waals surface area contributed by atoms with Gasteiger partial charge in [-0.2, -0.15) is 5.10 Å². The van der Waals surface area contributed by atoms with E-state index in [1.165, 1.54) is 0 Å². The lowest BCUT2D eigenvalue weighted by Gasteiger charge is -2.29. The molecule has 9 heteroatoms. The molecule has 2 aromatic heterocycles. The molecule has 5 N–H and O–H groups in total. The van der Waals surface area contributed by atoms with Crippen LogP contribution in [0, 0.1) is 0 Å². The maximum absolute atomic E-state index is 13.3. The molecule has 0 radical (unpaired) electrons. The quantitative estimate of drug-likeness (QED) is 0.330. The Morgan fingerprint density at radius 2 is 1.97 bits per heavy atom. The summed E-state index contributed by atoms with van der Waals surface area (Å²) in [4.78, 5) is 17.5. The van der Waals surface area contributed by atoms with Gasteiger partial charge >= 0.3 is 0 Å². The third kappa shape index (κ3) is 6.45. The number of ether oxygens (including phenoxy) is 1. The number of pyridine rings is 1. The fraction of sp³-hybridized carbons (Fsp3) is 0.423. The number of aryl methyl sites for hydroxylation is 1. The summed E-state index contributed by atoms with van der Waals surface area (Å²) >= 11 is 0. The average molecular weight is 479 g/mol. The minimum atomic E-state index is -1.22. The van der Waals surface area contributed by atoms with Crippen LogP contribution in [-0.4, -0.2) is 44.0 Å². The van der Waals surface area contributed by atoms with Crippen LogP contribution >= 0.6 is 0 Å². The van der Waals surface area contributed by atoms with Crippen LogP contribution in [0.2, 0.25) is 0 Å². The third-order valence-electron chi connectivity index (χ3n) is 6.43. The van der Waals surface area contributed by atoms with Crippen molar-refractivity contribution < 1.29 is 14.6 Å². The lowest BCUT2D eigenvalue weighted by atomic mass is 10.1. The summed E-state index contributed by atoms with van der Waals surface area (Å²) in [6.45, 7) is 2.18. The third-order valence-corrected chi connectivity index (χ3v) is 6.43. The second-order valence-corrected chi connectivity index (χ2v) is 9.14. The van der Waals surface area contributed by atoms with Crippen molar-refractivity contribution in [3.63, 3.8) is 0 Å². The van der Waals surface area contributed by atoms with Crippen LogP contribution in [0.3, 0.4) is 0 Å². The Labute approximate surface area is 205 Å². The largest absolute Gasteiger partial charge is 0.383 e. The molecule has 1 fully saturated rings. The predicted molar refractivity (Wildman–Crippen MR) is 134 cm³/mol. The minimum absolute atomic E-state index is 0.144. The molecule has 4 rings (SSSR count). The smallest absolute Gasteiger partial charge is 0.240 e. The van der Waals surface area contributed by atoms with E-state index in [0.29, 0.717) is 12.2 Å². The molecule has 9 nitrogen and oxygen atoms in total. The number of nitrogen functional groups attached to an aromatic ring is 1. The number of aliphatic hydroxyl groups is 1. The topological polar surface area (TPSA) is 127 Å². The fourth-order valence-electron chi connectivity index (χ4n) is 4.38. The van der Waals surface area contributed by atoms with Crippen molar-refractivity contribution in [2.45, 2.75) is 63.6 Å². The lowest BCUT2D eigenvalue weighted by Crippen LogP contribution is -2.54. The molecule has 0 saturated heterocycles. The van der Waals surface area contributed by atoms with Crippen molar-refractivity contribution in [2.75, 3.05) is 5.73 Å². The minimum Gasteiger partial charge on any atom is -0.383 e. The lowest BCUT2D eigenvalue weighted by molar-refractivity contribution is -0.129. The second kappa shape index (κ2) is 11.4. The molecule has 1 aliphatic carbocycles. The number of carbonyl (C=O) groups excluding carboxylic acids is 1. The Balaban J connectivity index is 1.51. The van der Waals surface area contributed by atoms with Gasteiger partial charge in [-0.1, -0.05) is 43.2 Å². The molecule has 2 heterocycles. The van der Waals surface area contributed by atoms with Gasteiger partial charge in [-0.15, -0.1) is 0 Å². The van der Waals surface area contributed by atoms with E-state index in [2.05, 4.69) is 20.7 Å². The van der Waals surface area contributed by atoms with Crippen LogP contribution in [0.15, 0.2) is 55.0 Å². The van der Waals surface area contributed by atoms with Gasteiger partial charge < -0.3 is 20.9 Å². The predicted octanol–water partition coefficient (Wildman–Crippen LogP) is 2.68. The van der Waals surface area contributed by atoms with Crippen molar-refractivity contribution in [1.82, 2.24) is 25.4 Å². The van der Waals surface area contributed by atoms with E-state index in [0.717, 1.165) is 42.4 Å². The number of aromatic nitrogens is 3. The van der Waals surface area contributed by atoms with Crippen LogP contribution in [0.1, 0.15) is 50.0 Å². The van der Waals surface area contributed by atoms with E-state index in [9.17, 15) is 9.90 Å². The van der Waals surface area contributed by atoms with Crippen molar-refractivity contribution in [3.05, 3.63) is 66.1 Å². The SMILES string of the molecule is C[C@@H](OCc1ccccc1)[C@H](NC(O)c1cc(-c2cnn(C)c2)cnc1N)C(=O)NC1CCCC1. The zero-order valence-electron chi connectivity index (χ0n) is 20.2. The summed E-state index contributed by atoms with van der Waals surface area (Å²) in [6.07, 6.45) is 7.61. The molecule has 1 amide bonds. The molecule has 3 atom stereocenters. The Kier molecular flexibility index (Phi) is 8.12. The summed E-state index contributed by atoms with van der Waals surface area (Å²) in [5.74, 6) is -0.0168. The van der Waals surface area contributed by atoms with Crippen LogP contribution in [0.25, 0.3) is 11.1 Å². The van der Waals surface area contributed by atoms with E-state index < -0.39 is 18.4 Å². The van der Waals surface area contributed by atoms with Gasteiger partial charge in [0.25, 0.3) is 0 Å². The Morgan fingerprint density at radius 3 is 2.66 bits per heavy atom. The summed E-state index contributed by atoms with van der Waals surface area (Å²) in [7, 11) is 1.83. The number of amides is 1. The first-order valence-electron chi connectivity index (χ1n) is 12.0. The molecule has 0 aliphatic heterocycles. The Morgan fingerprint density at radius 1 is 1.23 bits per heavy atom. The van der Waals surface area contributed by atoms with Crippen LogP contribution < -0.4 is 16.4 Å². The van der Waals surface area contributed by atoms with Crippen LogP contribution in [-0.2, 0) is 23.2 Å². The highest BCUT2D eigenvalue weighted by atomic mass is 16.5. The number of hydrogen-bond acceptors (Lipinski definition) is 7. The number of rotatable bonds is 10. The van der Waals surface area contributed by atoms with Crippen molar-refractivity contribution in [2.24, 2.45) is 7.05 Å². The van der Waals surface area contributed by atoms with Gasteiger partial charge in [0.2, 0.25) is 5.91 Å². The first-order valence-corrected chi connectivity index (χ1v) is 12.0. The first kappa shape index (κ1) is 24.8. The zero-order valence-corrected chi connectivity index (χ0v) is 20.2. The van der Waals surface area contributed by atoms with Crippen LogP contribution in [0.5, 0.6) is 0 Å². The molecule has 35 heavy (non-hydrogen) atoms. The van der Waals surface area contributed by atoms with Crippen molar-refractivity contribution in [3.8, 4) is 11.1 Å². The Bertz CT molecular complexity index is 1110. The molecule has 0 spiro atoms. The normalized spacial score (nSPS) is 16.7. The van der Waals surface area contributed by atoms with Gasteiger partial charge in [-0.05, 0) is 31.4 Å². The molecule has 1 unspecified atom stereocenters. The molecule has 1 saturated carbocycles. The van der Waals surface area contributed by atoms with Gasteiger partial charge in [0.05, 0.1) is 18.9 Å². The fourth-order valence-corrected chi connectivity index (χ4v) is 4.38. The standard InChI is InChI=1S/C26H34N6O3/c1-17(35-16-18-8-4-3-5-9-18)23(26(34)30-21-10-6-7-11-21)31-25(33)22-12-19(13-28-24(22)27)20-14-29-32(2)15-20/h3-5,8-9,12-15,17,21,23,25,31,33H,6-7,10-11,16H2,1-2H3,(H2,27,28)(H,30,34)/t17-,23+,25?/m1/s1. The van der Waals surface area contributed by atoms with E-state index in [-0.39, 0.29) is 17.8 Å². The first-order chi connectivity index (χ1) is 16.9.